The van der Waals surface area contributed by atoms with Gasteiger partial charge in [-0.3, -0.25) is 4.90 Å². The zero-order valence-corrected chi connectivity index (χ0v) is 16.8. The molecule has 1 aliphatic rings. The van der Waals surface area contributed by atoms with Crippen LogP contribution in [0.5, 0.6) is 5.88 Å². The van der Waals surface area contributed by atoms with E-state index in [1.165, 1.54) is 17.8 Å². The maximum atomic E-state index is 10.9. The Bertz CT molecular complexity index is 933. The average molecular weight is 411 g/mol. The molecule has 0 amide bonds. The number of halogens is 2. The van der Waals surface area contributed by atoms with Gasteiger partial charge in [-0.1, -0.05) is 53.9 Å². The van der Waals surface area contributed by atoms with Gasteiger partial charge in [0.25, 0.3) is 0 Å². The van der Waals surface area contributed by atoms with Crippen molar-refractivity contribution in [3.8, 4) is 5.88 Å². The predicted octanol–water partition coefficient (Wildman–Crippen LogP) is 4.94. The van der Waals surface area contributed by atoms with Gasteiger partial charge < -0.3 is 5.11 Å². The second-order valence-corrected chi connectivity index (χ2v) is 8.36. The van der Waals surface area contributed by atoms with Crippen LogP contribution in [0.15, 0.2) is 18.2 Å². The monoisotopic (exact) mass is 410 g/mol. The molecule has 1 saturated heterocycles. The van der Waals surface area contributed by atoms with Crippen molar-refractivity contribution in [3.63, 3.8) is 0 Å². The lowest BCUT2D eigenvalue weighted by atomic mass is 10.0. The van der Waals surface area contributed by atoms with E-state index in [1.54, 1.807) is 4.52 Å². The average Bonchev–Trinajstić information content (AvgIpc) is 3.19. The van der Waals surface area contributed by atoms with Gasteiger partial charge in [-0.05, 0) is 43.6 Å². The molecule has 1 fully saturated rings. The third-order valence-corrected chi connectivity index (χ3v) is 6.63. The number of fused-ring (bicyclic) bond motifs is 1. The Kier molecular flexibility index (Phi) is 5.10. The quantitative estimate of drug-likeness (QED) is 0.661. The fourth-order valence-electron chi connectivity index (χ4n) is 3.51. The molecular formula is C18H20Cl2N4OS. The molecule has 1 unspecified atom stereocenters. The molecule has 5 nitrogen and oxygen atoms in total. The number of hydrogen-bond donors (Lipinski definition) is 1. The molecule has 26 heavy (non-hydrogen) atoms. The van der Waals surface area contributed by atoms with E-state index in [2.05, 4.69) is 15.0 Å². The molecule has 138 valence electrons. The van der Waals surface area contributed by atoms with Gasteiger partial charge in [0.05, 0.1) is 21.0 Å². The summed E-state index contributed by atoms with van der Waals surface area (Å²) in [7, 11) is 0. The maximum Gasteiger partial charge on any atom is 0.230 e. The topological polar surface area (TPSA) is 53.7 Å². The van der Waals surface area contributed by atoms with Gasteiger partial charge >= 0.3 is 0 Å². The number of likely N-dealkylation sites (tertiary alicyclic amines) is 1. The molecule has 3 heterocycles. The molecule has 2 aromatic heterocycles. The molecule has 4 rings (SSSR count). The first-order valence-corrected chi connectivity index (χ1v) is 10.4. The summed E-state index contributed by atoms with van der Waals surface area (Å²) in [5.41, 5.74) is 1.02. The number of piperidine rings is 1. The second-order valence-electron chi connectivity index (χ2n) is 6.54. The van der Waals surface area contributed by atoms with Crippen LogP contribution in [0.2, 0.25) is 10.0 Å². The van der Waals surface area contributed by atoms with Gasteiger partial charge in [-0.25, -0.2) is 4.98 Å². The number of nitrogens with zero attached hydrogens (tertiary/aromatic N) is 4. The molecule has 3 aromatic rings. The highest BCUT2D eigenvalue weighted by molar-refractivity contribution is 7.17. The summed E-state index contributed by atoms with van der Waals surface area (Å²) in [5.74, 6) is 0.904. The Labute approximate surface area is 166 Å². The van der Waals surface area contributed by atoms with E-state index >= 15 is 0 Å². The number of rotatable bonds is 4. The minimum absolute atomic E-state index is 0.0800. The molecule has 0 saturated carbocycles. The van der Waals surface area contributed by atoms with Crippen LogP contribution in [0, 0.1) is 0 Å². The highest BCUT2D eigenvalue weighted by Gasteiger charge is 2.30. The third kappa shape index (κ3) is 3.20. The second kappa shape index (κ2) is 7.35. The summed E-state index contributed by atoms with van der Waals surface area (Å²) in [6.07, 6.45) is 4.29. The summed E-state index contributed by atoms with van der Waals surface area (Å²) < 4.78 is 1.55. The van der Waals surface area contributed by atoms with Crippen LogP contribution < -0.4 is 0 Å². The standard InChI is InChI=1S/C18H20Cl2N4OS/c1-2-14-21-18-24(22-14)17(25)16(26-18)15(23-8-4-3-5-9-23)11-6-7-12(19)13(20)10-11/h6-7,10,15,25H,2-5,8-9H2,1H3. The minimum Gasteiger partial charge on any atom is -0.492 e. The van der Waals surface area contributed by atoms with Gasteiger partial charge in [0.2, 0.25) is 10.8 Å². The number of aromatic hydroxyl groups is 1. The molecule has 0 aliphatic carbocycles. The molecule has 8 heteroatoms. The molecule has 1 atom stereocenters. The lowest BCUT2D eigenvalue weighted by Crippen LogP contribution is -2.34. The Morgan fingerprint density at radius 2 is 1.96 bits per heavy atom. The highest BCUT2D eigenvalue weighted by atomic mass is 35.5. The molecule has 1 aromatic carbocycles. The van der Waals surface area contributed by atoms with E-state index in [-0.39, 0.29) is 11.9 Å². The van der Waals surface area contributed by atoms with Crippen molar-refractivity contribution < 1.29 is 5.11 Å². The van der Waals surface area contributed by atoms with E-state index < -0.39 is 0 Å². The van der Waals surface area contributed by atoms with Crippen LogP contribution in [-0.4, -0.2) is 37.7 Å². The van der Waals surface area contributed by atoms with Crippen LogP contribution in [0.4, 0.5) is 0 Å². The van der Waals surface area contributed by atoms with Crippen molar-refractivity contribution in [2.24, 2.45) is 0 Å². The first-order chi connectivity index (χ1) is 12.6. The molecule has 1 N–H and O–H groups in total. The van der Waals surface area contributed by atoms with Gasteiger partial charge in [0.1, 0.15) is 0 Å². The zero-order valence-electron chi connectivity index (χ0n) is 14.5. The van der Waals surface area contributed by atoms with Crippen LogP contribution in [0.3, 0.4) is 0 Å². The van der Waals surface area contributed by atoms with Gasteiger partial charge in [0.15, 0.2) is 5.82 Å². The third-order valence-electron chi connectivity index (χ3n) is 4.82. The number of aryl methyl sites for hydroxylation is 1. The van der Waals surface area contributed by atoms with Crippen molar-refractivity contribution >= 4 is 39.5 Å². The highest BCUT2D eigenvalue weighted by Crippen LogP contribution is 2.42. The Balaban J connectivity index is 1.83. The molecular weight excluding hydrogens is 391 g/mol. The fraction of sp³-hybridized carbons (Fsp3) is 0.444. The molecule has 0 bridgehead atoms. The van der Waals surface area contributed by atoms with E-state index in [4.69, 9.17) is 23.2 Å². The Morgan fingerprint density at radius 1 is 1.19 bits per heavy atom. The van der Waals surface area contributed by atoms with Crippen LogP contribution in [0.25, 0.3) is 4.96 Å². The summed E-state index contributed by atoms with van der Waals surface area (Å²) in [6, 6.07) is 5.62. The number of thiazole rings is 1. The smallest absolute Gasteiger partial charge is 0.230 e. The van der Waals surface area contributed by atoms with E-state index in [0.29, 0.717) is 10.0 Å². The number of aromatic nitrogens is 3. The summed E-state index contributed by atoms with van der Waals surface area (Å²) in [5, 5.41) is 16.3. The Hall–Kier alpha value is -1.34. The fourth-order valence-corrected chi connectivity index (χ4v) is 4.95. The Morgan fingerprint density at radius 3 is 2.62 bits per heavy atom. The first-order valence-electron chi connectivity index (χ1n) is 8.84. The van der Waals surface area contributed by atoms with Gasteiger partial charge in [-0.15, -0.1) is 5.10 Å². The summed E-state index contributed by atoms with van der Waals surface area (Å²) in [6.45, 7) is 3.97. The minimum atomic E-state index is -0.0800. The van der Waals surface area contributed by atoms with Crippen molar-refractivity contribution in [2.45, 2.75) is 38.6 Å². The number of benzene rings is 1. The summed E-state index contributed by atoms with van der Waals surface area (Å²) in [4.78, 5) is 8.48. The van der Waals surface area contributed by atoms with Crippen molar-refractivity contribution in [1.29, 1.82) is 0 Å². The largest absolute Gasteiger partial charge is 0.492 e. The van der Waals surface area contributed by atoms with Crippen molar-refractivity contribution in [3.05, 3.63) is 44.5 Å². The van der Waals surface area contributed by atoms with Crippen molar-refractivity contribution in [1.82, 2.24) is 19.5 Å². The molecule has 0 spiro atoms. The van der Waals surface area contributed by atoms with E-state index in [9.17, 15) is 5.11 Å². The SMILES string of the molecule is CCc1nc2sc(C(c3ccc(Cl)c(Cl)c3)N3CCCCC3)c(O)n2n1. The van der Waals surface area contributed by atoms with Gasteiger partial charge in [-0.2, -0.15) is 4.52 Å². The van der Waals surface area contributed by atoms with Crippen LogP contribution >= 0.6 is 34.5 Å². The lowest BCUT2D eigenvalue weighted by molar-refractivity contribution is 0.186. The van der Waals surface area contributed by atoms with Crippen LogP contribution in [-0.2, 0) is 6.42 Å². The normalized spacial score (nSPS) is 17.0. The van der Waals surface area contributed by atoms with E-state index in [0.717, 1.165) is 53.6 Å². The lowest BCUT2D eigenvalue weighted by Gasteiger charge is -2.34. The van der Waals surface area contributed by atoms with Crippen LogP contribution in [0.1, 0.15) is 48.5 Å². The predicted molar refractivity (Wildman–Crippen MR) is 106 cm³/mol. The number of hydrogen-bond acceptors (Lipinski definition) is 5. The maximum absolute atomic E-state index is 10.9. The molecule has 0 radical (unpaired) electrons. The zero-order chi connectivity index (χ0) is 18.3. The molecule has 1 aliphatic heterocycles. The van der Waals surface area contributed by atoms with Gasteiger partial charge in [0, 0.05) is 6.42 Å². The van der Waals surface area contributed by atoms with E-state index in [1.807, 2.05) is 25.1 Å². The summed E-state index contributed by atoms with van der Waals surface area (Å²) >= 11 is 13.9. The first kappa shape index (κ1) is 18.0. The van der Waals surface area contributed by atoms with Crippen molar-refractivity contribution in [2.75, 3.05) is 13.1 Å².